The Morgan fingerprint density at radius 2 is 1.94 bits per heavy atom. The second-order valence-electron chi connectivity index (χ2n) is 4.78. The standard InChI is InChI=1S/C12H18FNO2S/c1-5-12(3,4)14-17(15,16)11-8-9(2)6-7-10(11)13/h6-8,14H,5H2,1-4H3. The van der Waals surface area contributed by atoms with Gasteiger partial charge in [0.1, 0.15) is 10.7 Å². The third-order valence-electron chi connectivity index (χ3n) is 2.67. The fraction of sp³-hybridized carbons (Fsp3) is 0.500. The average molecular weight is 259 g/mol. The van der Waals surface area contributed by atoms with Gasteiger partial charge in [0.05, 0.1) is 0 Å². The lowest BCUT2D eigenvalue weighted by molar-refractivity contribution is 0.437. The Morgan fingerprint density at radius 1 is 1.35 bits per heavy atom. The molecule has 0 bridgehead atoms. The van der Waals surface area contributed by atoms with Gasteiger partial charge >= 0.3 is 0 Å². The number of aryl methyl sites for hydroxylation is 1. The van der Waals surface area contributed by atoms with Gasteiger partial charge in [0.2, 0.25) is 10.0 Å². The van der Waals surface area contributed by atoms with E-state index in [0.29, 0.717) is 12.0 Å². The molecule has 0 aliphatic heterocycles. The summed E-state index contributed by atoms with van der Waals surface area (Å²) in [6.07, 6.45) is 0.625. The first-order valence-electron chi connectivity index (χ1n) is 5.48. The van der Waals surface area contributed by atoms with Crippen molar-refractivity contribution in [2.24, 2.45) is 0 Å². The molecule has 0 fully saturated rings. The van der Waals surface area contributed by atoms with Gasteiger partial charge in [0.25, 0.3) is 0 Å². The molecule has 0 radical (unpaired) electrons. The van der Waals surface area contributed by atoms with Gasteiger partial charge in [-0.15, -0.1) is 0 Å². The Labute approximate surface area is 102 Å². The van der Waals surface area contributed by atoms with Crippen LogP contribution in [0.4, 0.5) is 4.39 Å². The van der Waals surface area contributed by atoms with Crippen molar-refractivity contribution in [3.8, 4) is 0 Å². The molecule has 1 N–H and O–H groups in total. The zero-order chi connectivity index (χ0) is 13.3. The van der Waals surface area contributed by atoms with E-state index in [4.69, 9.17) is 0 Å². The van der Waals surface area contributed by atoms with Crippen LogP contribution in [0.15, 0.2) is 23.1 Å². The van der Waals surface area contributed by atoms with E-state index in [1.54, 1.807) is 26.8 Å². The highest BCUT2D eigenvalue weighted by Gasteiger charge is 2.26. The third-order valence-corrected chi connectivity index (χ3v) is 4.38. The predicted molar refractivity (Wildman–Crippen MR) is 65.8 cm³/mol. The molecule has 0 aromatic heterocycles. The minimum Gasteiger partial charge on any atom is -0.207 e. The van der Waals surface area contributed by atoms with E-state index in [1.165, 1.54) is 12.1 Å². The maximum Gasteiger partial charge on any atom is 0.243 e. The van der Waals surface area contributed by atoms with E-state index in [2.05, 4.69) is 4.72 Å². The second kappa shape index (κ2) is 4.74. The lowest BCUT2D eigenvalue weighted by atomic mass is 10.0. The van der Waals surface area contributed by atoms with Crippen molar-refractivity contribution >= 4 is 10.0 Å². The molecule has 0 amide bonds. The zero-order valence-electron chi connectivity index (χ0n) is 10.5. The van der Waals surface area contributed by atoms with Gasteiger partial charge in [-0.3, -0.25) is 0 Å². The zero-order valence-corrected chi connectivity index (χ0v) is 11.4. The largest absolute Gasteiger partial charge is 0.243 e. The highest BCUT2D eigenvalue weighted by Crippen LogP contribution is 2.19. The van der Waals surface area contributed by atoms with Crippen molar-refractivity contribution in [1.29, 1.82) is 0 Å². The van der Waals surface area contributed by atoms with Crippen molar-refractivity contribution < 1.29 is 12.8 Å². The van der Waals surface area contributed by atoms with E-state index in [9.17, 15) is 12.8 Å². The molecule has 96 valence electrons. The summed E-state index contributed by atoms with van der Waals surface area (Å²) >= 11 is 0. The quantitative estimate of drug-likeness (QED) is 0.903. The number of hydrogen-bond acceptors (Lipinski definition) is 2. The SMILES string of the molecule is CCC(C)(C)NS(=O)(=O)c1cc(C)ccc1F. The minimum atomic E-state index is -3.81. The van der Waals surface area contributed by atoms with Crippen molar-refractivity contribution in [3.05, 3.63) is 29.6 Å². The van der Waals surface area contributed by atoms with Gasteiger partial charge in [0.15, 0.2) is 0 Å². The van der Waals surface area contributed by atoms with Crippen LogP contribution in [-0.4, -0.2) is 14.0 Å². The molecular weight excluding hydrogens is 241 g/mol. The number of benzene rings is 1. The Balaban J connectivity index is 3.18. The van der Waals surface area contributed by atoms with Crippen LogP contribution >= 0.6 is 0 Å². The Bertz CT molecular complexity index is 509. The molecule has 1 aromatic carbocycles. The number of rotatable bonds is 4. The minimum absolute atomic E-state index is 0.293. The van der Waals surface area contributed by atoms with Gasteiger partial charge in [-0.2, -0.15) is 0 Å². The second-order valence-corrected chi connectivity index (χ2v) is 6.43. The summed E-state index contributed by atoms with van der Waals surface area (Å²) in [6.45, 7) is 7.12. The van der Waals surface area contributed by atoms with Gasteiger partial charge < -0.3 is 0 Å². The van der Waals surface area contributed by atoms with Crippen molar-refractivity contribution in [3.63, 3.8) is 0 Å². The summed E-state index contributed by atoms with van der Waals surface area (Å²) in [7, 11) is -3.81. The van der Waals surface area contributed by atoms with E-state index in [1.807, 2.05) is 6.92 Å². The monoisotopic (exact) mass is 259 g/mol. The molecule has 1 rings (SSSR count). The van der Waals surface area contributed by atoms with Gasteiger partial charge in [-0.1, -0.05) is 13.0 Å². The Kier molecular flexibility index (Phi) is 3.94. The molecule has 17 heavy (non-hydrogen) atoms. The maximum absolute atomic E-state index is 13.5. The van der Waals surface area contributed by atoms with Crippen LogP contribution in [0, 0.1) is 12.7 Å². The molecule has 5 heteroatoms. The van der Waals surface area contributed by atoms with Crippen LogP contribution in [0.3, 0.4) is 0 Å². The summed E-state index contributed by atoms with van der Waals surface area (Å²) in [5.74, 6) is -0.727. The van der Waals surface area contributed by atoms with Crippen molar-refractivity contribution in [1.82, 2.24) is 4.72 Å². The molecule has 1 aromatic rings. The summed E-state index contributed by atoms with van der Waals surface area (Å²) < 4.78 is 40.1. The van der Waals surface area contributed by atoms with Crippen molar-refractivity contribution in [2.45, 2.75) is 44.6 Å². The summed E-state index contributed by atoms with van der Waals surface area (Å²) in [4.78, 5) is -0.293. The summed E-state index contributed by atoms with van der Waals surface area (Å²) in [6, 6.07) is 4.05. The number of nitrogens with one attached hydrogen (secondary N) is 1. The molecule has 0 aliphatic rings. The molecular formula is C12H18FNO2S. The van der Waals surface area contributed by atoms with Crippen LogP contribution in [-0.2, 0) is 10.0 Å². The van der Waals surface area contributed by atoms with Crippen LogP contribution < -0.4 is 4.72 Å². The average Bonchev–Trinajstić information content (AvgIpc) is 2.20. The van der Waals surface area contributed by atoms with E-state index in [0.717, 1.165) is 0 Å². The summed E-state index contributed by atoms with van der Waals surface area (Å²) in [5, 5.41) is 0. The summed E-state index contributed by atoms with van der Waals surface area (Å²) in [5.41, 5.74) is 0.121. The number of halogens is 1. The maximum atomic E-state index is 13.5. The third kappa shape index (κ3) is 3.51. The van der Waals surface area contributed by atoms with E-state index >= 15 is 0 Å². The van der Waals surface area contributed by atoms with Crippen LogP contribution in [0.1, 0.15) is 32.8 Å². The molecule has 0 aliphatic carbocycles. The molecule has 0 unspecified atom stereocenters. The smallest absolute Gasteiger partial charge is 0.207 e. The van der Waals surface area contributed by atoms with E-state index in [-0.39, 0.29) is 4.90 Å². The van der Waals surface area contributed by atoms with Crippen LogP contribution in [0.2, 0.25) is 0 Å². The van der Waals surface area contributed by atoms with Crippen LogP contribution in [0.5, 0.6) is 0 Å². The lowest BCUT2D eigenvalue weighted by Crippen LogP contribution is -2.42. The van der Waals surface area contributed by atoms with Gasteiger partial charge in [0, 0.05) is 5.54 Å². The Hall–Kier alpha value is -0.940. The molecule has 0 heterocycles. The highest BCUT2D eigenvalue weighted by molar-refractivity contribution is 7.89. The van der Waals surface area contributed by atoms with Gasteiger partial charge in [-0.25, -0.2) is 17.5 Å². The first-order chi connectivity index (χ1) is 7.68. The molecule has 3 nitrogen and oxygen atoms in total. The van der Waals surface area contributed by atoms with Crippen molar-refractivity contribution in [2.75, 3.05) is 0 Å². The first-order valence-corrected chi connectivity index (χ1v) is 6.96. The highest BCUT2D eigenvalue weighted by atomic mass is 32.2. The lowest BCUT2D eigenvalue weighted by Gasteiger charge is -2.24. The predicted octanol–water partition coefficient (Wildman–Crippen LogP) is 2.60. The molecule has 0 saturated heterocycles. The molecule has 0 atom stereocenters. The fourth-order valence-corrected chi connectivity index (χ4v) is 2.95. The topological polar surface area (TPSA) is 46.2 Å². The first kappa shape index (κ1) is 14.1. The molecule has 0 spiro atoms. The molecule has 0 saturated carbocycles. The van der Waals surface area contributed by atoms with E-state index < -0.39 is 21.4 Å². The fourth-order valence-electron chi connectivity index (χ4n) is 1.31. The van der Waals surface area contributed by atoms with Gasteiger partial charge in [-0.05, 0) is 44.9 Å². The number of hydrogen-bond donors (Lipinski definition) is 1. The van der Waals surface area contributed by atoms with Crippen LogP contribution in [0.25, 0.3) is 0 Å². The normalized spacial score (nSPS) is 12.8. The Morgan fingerprint density at radius 3 is 2.47 bits per heavy atom. The number of sulfonamides is 1.